The number of rotatable bonds is 5. The van der Waals surface area contributed by atoms with Gasteiger partial charge in [0.25, 0.3) is 0 Å². The summed E-state index contributed by atoms with van der Waals surface area (Å²) in [4.78, 5) is 1.08. The van der Waals surface area contributed by atoms with Crippen LogP contribution in [-0.4, -0.2) is 19.9 Å². The molecule has 3 nitrogen and oxygen atoms in total. The number of hydrogen-bond acceptors (Lipinski definition) is 3. The van der Waals surface area contributed by atoms with Gasteiger partial charge in [-0.25, -0.2) is 13.6 Å². The molecule has 1 aromatic carbocycles. The molecule has 1 rings (SSSR count). The third-order valence-electron chi connectivity index (χ3n) is 2.18. The molecular formula is C11H17NO2S2. The van der Waals surface area contributed by atoms with E-state index in [1.165, 1.54) is 17.3 Å². The monoisotopic (exact) mass is 259 g/mol. The molecule has 16 heavy (non-hydrogen) atoms. The van der Waals surface area contributed by atoms with Crippen molar-refractivity contribution in [3.8, 4) is 0 Å². The highest BCUT2D eigenvalue weighted by Crippen LogP contribution is 2.21. The predicted molar refractivity (Wildman–Crippen MR) is 69.2 cm³/mol. The maximum Gasteiger partial charge on any atom is 0.209 e. The summed E-state index contributed by atoms with van der Waals surface area (Å²) in [5, 5.41) is 4.92. The summed E-state index contributed by atoms with van der Waals surface area (Å²) in [7, 11) is -3.34. The van der Waals surface area contributed by atoms with Crippen molar-refractivity contribution in [2.75, 3.05) is 11.5 Å². The lowest BCUT2D eigenvalue weighted by Crippen LogP contribution is -2.17. The van der Waals surface area contributed by atoms with Gasteiger partial charge in [-0.1, -0.05) is 26.0 Å². The van der Waals surface area contributed by atoms with Gasteiger partial charge < -0.3 is 0 Å². The van der Waals surface area contributed by atoms with Crippen molar-refractivity contribution in [2.24, 2.45) is 5.14 Å². The highest BCUT2D eigenvalue weighted by molar-refractivity contribution is 8.00. The van der Waals surface area contributed by atoms with E-state index < -0.39 is 10.0 Å². The van der Waals surface area contributed by atoms with E-state index in [0.717, 1.165) is 4.90 Å². The summed E-state index contributed by atoms with van der Waals surface area (Å²) in [5.41, 5.74) is 1.29. The molecule has 0 unspecified atom stereocenters. The molecule has 2 N–H and O–H groups in total. The molecule has 0 aliphatic rings. The molecule has 0 aliphatic heterocycles. The van der Waals surface area contributed by atoms with Crippen LogP contribution in [0.5, 0.6) is 0 Å². The first-order valence-electron chi connectivity index (χ1n) is 5.12. The van der Waals surface area contributed by atoms with Crippen LogP contribution >= 0.6 is 11.8 Å². The van der Waals surface area contributed by atoms with Gasteiger partial charge in [-0.15, -0.1) is 11.8 Å². The molecule has 90 valence electrons. The molecule has 0 spiro atoms. The number of benzene rings is 1. The van der Waals surface area contributed by atoms with Crippen LogP contribution in [0, 0.1) is 0 Å². The predicted octanol–water partition coefficient (Wildman–Crippen LogP) is 2.19. The number of nitrogens with two attached hydrogens (primary N) is 1. The molecule has 5 heteroatoms. The molecule has 0 bridgehead atoms. The Morgan fingerprint density at radius 2 is 1.81 bits per heavy atom. The molecule has 0 saturated carbocycles. The topological polar surface area (TPSA) is 60.2 Å². The summed E-state index contributed by atoms with van der Waals surface area (Å²) in [6.45, 7) is 4.28. The Balaban J connectivity index is 2.50. The smallest absolute Gasteiger partial charge is 0.209 e. The van der Waals surface area contributed by atoms with Crippen molar-refractivity contribution in [1.82, 2.24) is 0 Å². The Labute approximate surface area is 101 Å². The minimum atomic E-state index is -3.34. The van der Waals surface area contributed by atoms with Crippen LogP contribution in [0.15, 0.2) is 29.2 Å². The van der Waals surface area contributed by atoms with Crippen LogP contribution < -0.4 is 5.14 Å². The Hall–Kier alpha value is -0.520. The van der Waals surface area contributed by atoms with Gasteiger partial charge in [-0.3, -0.25) is 0 Å². The van der Waals surface area contributed by atoms with Crippen LogP contribution in [0.2, 0.25) is 0 Å². The van der Waals surface area contributed by atoms with Gasteiger partial charge in [0.05, 0.1) is 5.75 Å². The molecule has 0 radical (unpaired) electrons. The molecule has 0 saturated heterocycles. The van der Waals surface area contributed by atoms with Crippen molar-refractivity contribution >= 4 is 21.8 Å². The fourth-order valence-corrected chi connectivity index (χ4v) is 3.05. The largest absolute Gasteiger partial charge is 0.229 e. The summed E-state index contributed by atoms with van der Waals surface area (Å²) < 4.78 is 21.5. The zero-order valence-corrected chi connectivity index (χ0v) is 11.1. The zero-order valence-electron chi connectivity index (χ0n) is 9.51. The van der Waals surface area contributed by atoms with Crippen molar-refractivity contribution in [1.29, 1.82) is 0 Å². The van der Waals surface area contributed by atoms with E-state index in [-0.39, 0.29) is 5.75 Å². The van der Waals surface area contributed by atoms with Gasteiger partial charge in [-0.05, 0) is 23.6 Å². The van der Waals surface area contributed by atoms with E-state index in [2.05, 4.69) is 26.0 Å². The fourth-order valence-electron chi connectivity index (χ4n) is 1.22. The SMILES string of the molecule is CC(C)c1ccc(SCCS(N)(=O)=O)cc1. The van der Waals surface area contributed by atoms with Crippen molar-refractivity contribution < 1.29 is 8.42 Å². The molecule has 1 aromatic rings. The normalized spacial score (nSPS) is 12.0. The van der Waals surface area contributed by atoms with Gasteiger partial charge in [0.15, 0.2) is 0 Å². The average molecular weight is 259 g/mol. The first kappa shape index (κ1) is 13.5. The Morgan fingerprint density at radius 1 is 1.25 bits per heavy atom. The third kappa shape index (κ3) is 5.01. The van der Waals surface area contributed by atoms with E-state index in [1.54, 1.807) is 0 Å². The van der Waals surface area contributed by atoms with Crippen LogP contribution in [0.4, 0.5) is 0 Å². The van der Waals surface area contributed by atoms with E-state index in [9.17, 15) is 8.42 Å². The van der Waals surface area contributed by atoms with E-state index >= 15 is 0 Å². The second-order valence-electron chi connectivity index (χ2n) is 3.94. The van der Waals surface area contributed by atoms with Crippen molar-refractivity contribution in [2.45, 2.75) is 24.7 Å². The lowest BCUT2D eigenvalue weighted by Gasteiger charge is -2.06. The van der Waals surface area contributed by atoms with Gasteiger partial charge in [-0.2, -0.15) is 0 Å². The summed E-state index contributed by atoms with van der Waals surface area (Å²) in [5.74, 6) is 1.03. The van der Waals surface area contributed by atoms with Gasteiger partial charge in [0.1, 0.15) is 0 Å². The minimum absolute atomic E-state index is 0.0175. The van der Waals surface area contributed by atoms with Crippen LogP contribution in [0.1, 0.15) is 25.3 Å². The first-order chi connectivity index (χ1) is 7.38. The van der Waals surface area contributed by atoms with Crippen LogP contribution in [0.25, 0.3) is 0 Å². The van der Waals surface area contributed by atoms with Gasteiger partial charge in [0.2, 0.25) is 10.0 Å². The number of hydrogen-bond donors (Lipinski definition) is 1. The maximum absolute atomic E-state index is 10.7. The molecule has 0 fully saturated rings. The Morgan fingerprint density at radius 3 is 2.25 bits per heavy atom. The highest BCUT2D eigenvalue weighted by atomic mass is 32.2. The highest BCUT2D eigenvalue weighted by Gasteiger charge is 2.03. The summed E-state index contributed by atoms with van der Waals surface area (Å²) >= 11 is 1.51. The minimum Gasteiger partial charge on any atom is -0.229 e. The van der Waals surface area contributed by atoms with Gasteiger partial charge in [0, 0.05) is 10.6 Å². The van der Waals surface area contributed by atoms with Crippen molar-refractivity contribution in [3.63, 3.8) is 0 Å². The lowest BCUT2D eigenvalue weighted by atomic mass is 10.0. The Bertz CT molecular complexity index is 424. The van der Waals surface area contributed by atoms with E-state index in [0.29, 0.717) is 11.7 Å². The quantitative estimate of drug-likeness (QED) is 0.825. The molecule has 0 heterocycles. The third-order valence-corrected chi connectivity index (χ3v) is 4.23. The second-order valence-corrected chi connectivity index (χ2v) is 6.84. The maximum atomic E-state index is 10.7. The molecular weight excluding hydrogens is 242 g/mol. The standard InChI is InChI=1S/C11H17NO2S2/c1-9(2)10-3-5-11(6-4-10)15-7-8-16(12,13)14/h3-6,9H,7-8H2,1-2H3,(H2,12,13,14). The molecule has 0 atom stereocenters. The van der Waals surface area contributed by atoms with E-state index in [4.69, 9.17) is 5.14 Å². The Kier molecular flexibility index (Phi) is 4.83. The zero-order chi connectivity index (χ0) is 12.2. The number of thioether (sulfide) groups is 1. The van der Waals surface area contributed by atoms with E-state index in [1.807, 2.05) is 12.1 Å². The second kappa shape index (κ2) is 5.70. The lowest BCUT2D eigenvalue weighted by molar-refractivity contribution is 0.599. The first-order valence-corrected chi connectivity index (χ1v) is 7.82. The summed E-state index contributed by atoms with van der Waals surface area (Å²) in [6.07, 6.45) is 0. The molecule has 0 amide bonds. The molecule has 0 aromatic heterocycles. The van der Waals surface area contributed by atoms with Crippen molar-refractivity contribution in [3.05, 3.63) is 29.8 Å². The molecule has 0 aliphatic carbocycles. The van der Waals surface area contributed by atoms with Crippen LogP contribution in [0.3, 0.4) is 0 Å². The van der Waals surface area contributed by atoms with Crippen LogP contribution in [-0.2, 0) is 10.0 Å². The number of sulfonamides is 1. The fraction of sp³-hybridized carbons (Fsp3) is 0.455. The van der Waals surface area contributed by atoms with Gasteiger partial charge >= 0.3 is 0 Å². The average Bonchev–Trinajstić information content (AvgIpc) is 2.16. The number of primary sulfonamides is 1. The summed E-state index contributed by atoms with van der Waals surface area (Å²) in [6, 6.07) is 8.18.